The minimum atomic E-state index is -0.895. The Morgan fingerprint density at radius 1 is 1.35 bits per heavy atom. The first-order valence-electron chi connectivity index (χ1n) is 5.53. The summed E-state index contributed by atoms with van der Waals surface area (Å²) in [5.41, 5.74) is 0.475. The molecule has 0 bridgehead atoms. The number of carbonyl (C=O) groups excluding carboxylic acids is 1. The van der Waals surface area contributed by atoms with E-state index in [1.165, 1.54) is 6.07 Å². The van der Waals surface area contributed by atoms with E-state index in [4.69, 9.17) is 28.3 Å². The van der Waals surface area contributed by atoms with Gasteiger partial charge < -0.3 is 10.4 Å². The number of hydrogen-bond donors (Lipinski definition) is 2. The van der Waals surface area contributed by atoms with Crippen LogP contribution in [-0.2, 0) is 9.59 Å². The summed E-state index contributed by atoms with van der Waals surface area (Å²) in [6, 6.07) is 4.77. The maximum atomic E-state index is 11.7. The van der Waals surface area contributed by atoms with Gasteiger partial charge in [-0.1, -0.05) is 23.2 Å². The van der Waals surface area contributed by atoms with Crippen LogP contribution in [-0.4, -0.2) is 42.0 Å². The number of nitrogens with one attached hydrogen (secondary N) is 1. The van der Waals surface area contributed by atoms with Crippen LogP contribution in [0.5, 0.6) is 0 Å². The molecule has 112 valence electrons. The molecule has 0 fully saturated rings. The van der Waals surface area contributed by atoms with Gasteiger partial charge in [-0.05, 0) is 25.2 Å². The third-order valence-corrected chi connectivity index (χ3v) is 2.87. The summed E-state index contributed by atoms with van der Waals surface area (Å²) in [7, 11) is 1.67. The lowest BCUT2D eigenvalue weighted by molar-refractivity contribution is -0.137. The zero-order valence-electron chi connectivity index (χ0n) is 10.7. The Labute approximate surface area is 133 Å². The molecule has 0 aromatic heterocycles. The second-order valence-corrected chi connectivity index (χ2v) is 4.90. The molecular weight excluding hydrogens is 327 g/mol. The summed E-state index contributed by atoms with van der Waals surface area (Å²) >= 11 is 11.7. The number of nitrogens with zero attached hydrogens (tertiary/aromatic N) is 1. The Bertz CT molecular complexity index is 483. The number of carbonyl (C=O) groups is 2. The van der Waals surface area contributed by atoms with Gasteiger partial charge in [0.05, 0.1) is 23.7 Å². The Hall–Kier alpha value is -1.01. The number of carboxylic acids is 1. The fourth-order valence-corrected chi connectivity index (χ4v) is 1.85. The van der Waals surface area contributed by atoms with Crippen molar-refractivity contribution in [1.29, 1.82) is 0 Å². The van der Waals surface area contributed by atoms with Crippen molar-refractivity contribution in [2.45, 2.75) is 6.42 Å². The van der Waals surface area contributed by atoms with Gasteiger partial charge in [0.1, 0.15) is 0 Å². The van der Waals surface area contributed by atoms with Gasteiger partial charge in [-0.25, -0.2) is 0 Å². The smallest absolute Gasteiger partial charge is 0.304 e. The molecule has 0 saturated heterocycles. The summed E-state index contributed by atoms with van der Waals surface area (Å²) in [4.78, 5) is 23.7. The zero-order valence-corrected chi connectivity index (χ0v) is 13.1. The number of carboxylic acid groups (broad SMARTS) is 1. The van der Waals surface area contributed by atoms with Gasteiger partial charge in [0.15, 0.2) is 0 Å². The highest BCUT2D eigenvalue weighted by Gasteiger charge is 2.10. The molecule has 0 aliphatic carbocycles. The molecule has 1 amide bonds. The lowest BCUT2D eigenvalue weighted by Gasteiger charge is -2.15. The third kappa shape index (κ3) is 6.96. The predicted octanol–water partition coefficient (Wildman–Crippen LogP) is 2.76. The summed E-state index contributed by atoms with van der Waals surface area (Å²) in [5, 5.41) is 12.0. The number of anilines is 1. The molecule has 20 heavy (non-hydrogen) atoms. The van der Waals surface area contributed by atoms with Crippen molar-refractivity contribution in [1.82, 2.24) is 4.90 Å². The van der Waals surface area contributed by atoms with E-state index < -0.39 is 5.97 Å². The quantitative estimate of drug-likeness (QED) is 0.835. The number of benzene rings is 1. The van der Waals surface area contributed by atoms with Crippen molar-refractivity contribution in [3.05, 3.63) is 28.2 Å². The Morgan fingerprint density at radius 3 is 2.55 bits per heavy atom. The summed E-state index contributed by atoms with van der Waals surface area (Å²) < 4.78 is 0. The van der Waals surface area contributed by atoms with Gasteiger partial charge in [-0.15, -0.1) is 12.4 Å². The highest BCUT2D eigenvalue weighted by molar-refractivity contribution is 6.36. The first kappa shape index (κ1) is 19.0. The molecule has 0 atom stereocenters. The molecule has 0 aliphatic rings. The molecule has 0 saturated carbocycles. The molecule has 0 radical (unpaired) electrons. The van der Waals surface area contributed by atoms with Crippen LogP contribution in [0, 0.1) is 0 Å². The fourth-order valence-electron chi connectivity index (χ4n) is 1.39. The minimum Gasteiger partial charge on any atom is -0.481 e. The first-order valence-corrected chi connectivity index (χ1v) is 6.29. The van der Waals surface area contributed by atoms with Gasteiger partial charge in [0, 0.05) is 11.6 Å². The highest BCUT2D eigenvalue weighted by Crippen LogP contribution is 2.25. The van der Waals surface area contributed by atoms with Gasteiger partial charge in [-0.3, -0.25) is 14.5 Å². The number of likely N-dealkylation sites (N-methyl/N-ethyl adjacent to an activating group) is 1. The zero-order chi connectivity index (χ0) is 14.4. The molecule has 0 spiro atoms. The van der Waals surface area contributed by atoms with Crippen molar-refractivity contribution in [2.24, 2.45) is 0 Å². The SMILES string of the molecule is CN(CCC(=O)O)CC(=O)Nc1ccc(Cl)cc1Cl.Cl. The maximum absolute atomic E-state index is 11.7. The van der Waals surface area contributed by atoms with E-state index in [9.17, 15) is 9.59 Å². The van der Waals surface area contributed by atoms with Crippen LogP contribution in [0.2, 0.25) is 10.0 Å². The molecule has 8 heteroatoms. The second-order valence-electron chi connectivity index (χ2n) is 4.05. The Morgan fingerprint density at radius 2 is 2.00 bits per heavy atom. The van der Waals surface area contributed by atoms with E-state index in [2.05, 4.69) is 5.32 Å². The van der Waals surface area contributed by atoms with Crippen LogP contribution in [0.3, 0.4) is 0 Å². The maximum Gasteiger partial charge on any atom is 0.304 e. The van der Waals surface area contributed by atoms with Gasteiger partial charge in [0.2, 0.25) is 5.91 Å². The third-order valence-electron chi connectivity index (χ3n) is 2.33. The van der Waals surface area contributed by atoms with Crippen LogP contribution < -0.4 is 5.32 Å². The van der Waals surface area contributed by atoms with Crippen LogP contribution in [0.15, 0.2) is 18.2 Å². The average Bonchev–Trinajstić information content (AvgIpc) is 2.30. The first-order chi connectivity index (χ1) is 8.88. The molecule has 1 rings (SSSR count). The number of halogens is 3. The predicted molar refractivity (Wildman–Crippen MR) is 82.1 cm³/mol. The van der Waals surface area contributed by atoms with Crippen molar-refractivity contribution < 1.29 is 14.7 Å². The van der Waals surface area contributed by atoms with E-state index in [-0.39, 0.29) is 31.3 Å². The second kappa shape index (κ2) is 9.02. The van der Waals surface area contributed by atoms with Crippen molar-refractivity contribution in [2.75, 3.05) is 25.5 Å². The largest absolute Gasteiger partial charge is 0.481 e. The average molecular weight is 342 g/mol. The normalized spacial score (nSPS) is 10.0. The fraction of sp³-hybridized carbons (Fsp3) is 0.333. The van der Waals surface area contributed by atoms with Crippen molar-refractivity contribution >= 4 is 53.2 Å². The van der Waals surface area contributed by atoms with Crippen LogP contribution in [0.25, 0.3) is 0 Å². The lowest BCUT2D eigenvalue weighted by atomic mass is 10.3. The molecule has 0 aliphatic heterocycles. The molecule has 0 unspecified atom stereocenters. The topological polar surface area (TPSA) is 69.6 Å². The van der Waals surface area contributed by atoms with Crippen LogP contribution in [0.1, 0.15) is 6.42 Å². The number of aliphatic carboxylic acids is 1. The summed E-state index contributed by atoms with van der Waals surface area (Å²) in [5.74, 6) is -1.16. The monoisotopic (exact) mass is 340 g/mol. The van der Waals surface area contributed by atoms with Crippen molar-refractivity contribution in [3.8, 4) is 0 Å². The summed E-state index contributed by atoms with van der Waals surface area (Å²) in [6.45, 7) is 0.392. The molecule has 1 aromatic rings. The molecule has 5 nitrogen and oxygen atoms in total. The molecule has 2 N–H and O–H groups in total. The van der Waals surface area contributed by atoms with Gasteiger partial charge >= 0.3 is 5.97 Å². The standard InChI is InChI=1S/C12H14Cl2N2O3.ClH/c1-16(5-4-12(18)19)7-11(17)15-10-3-2-8(13)6-9(10)14;/h2-3,6H,4-5,7H2,1H3,(H,15,17)(H,18,19);1H. The molecule has 1 aromatic carbocycles. The lowest BCUT2D eigenvalue weighted by Crippen LogP contribution is -2.31. The summed E-state index contributed by atoms with van der Waals surface area (Å²) in [6.07, 6.45) is -0.00845. The highest BCUT2D eigenvalue weighted by atomic mass is 35.5. The Balaban J connectivity index is 0.00000361. The molecular formula is C12H15Cl3N2O3. The van der Waals surface area contributed by atoms with Gasteiger partial charge in [-0.2, -0.15) is 0 Å². The van der Waals surface area contributed by atoms with E-state index in [1.54, 1.807) is 24.1 Å². The minimum absolute atomic E-state index is 0. The van der Waals surface area contributed by atoms with Gasteiger partial charge in [0.25, 0.3) is 0 Å². The Kier molecular flexibility index (Phi) is 8.57. The van der Waals surface area contributed by atoms with E-state index in [1.807, 2.05) is 0 Å². The number of amides is 1. The van der Waals surface area contributed by atoms with Crippen molar-refractivity contribution in [3.63, 3.8) is 0 Å². The van der Waals surface area contributed by atoms with E-state index in [0.29, 0.717) is 22.3 Å². The van der Waals surface area contributed by atoms with Crippen LogP contribution in [0.4, 0.5) is 5.69 Å². The van der Waals surface area contributed by atoms with E-state index in [0.717, 1.165) is 0 Å². The van der Waals surface area contributed by atoms with Crippen LogP contribution >= 0.6 is 35.6 Å². The van der Waals surface area contributed by atoms with E-state index >= 15 is 0 Å². The number of hydrogen-bond acceptors (Lipinski definition) is 3. The number of rotatable bonds is 6. The molecule has 0 heterocycles.